The first-order valence-corrected chi connectivity index (χ1v) is 9.05. The molecular formula is C21H27N3O2. The fourth-order valence-corrected chi connectivity index (χ4v) is 2.65. The summed E-state index contributed by atoms with van der Waals surface area (Å²) in [7, 11) is 0. The number of nitrogens with one attached hydrogen (secondary N) is 2. The first-order valence-electron chi connectivity index (χ1n) is 9.05. The monoisotopic (exact) mass is 353 g/mol. The summed E-state index contributed by atoms with van der Waals surface area (Å²) in [5.74, 6) is 0.0451. The van der Waals surface area contributed by atoms with Crippen molar-refractivity contribution in [3.63, 3.8) is 0 Å². The van der Waals surface area contributed by atoms with Crippen LogP contribution in [-0.4, -0.2) is 23.3 Å². The van der Waals surface area contributed by atoms with Crippen molar-refractivity contribution in [2.75, 3.05) is 11.9 Å². The lowest BCUT2D eigenvalue weighted by Crippen LogP contribution is -2.26. The SMILES string of the molecule is CCc1cccc(C)c1NC(=O)c1cncc(C(=O)NCCC(C)C)c1. The molecule has 0 atom stereocenters. The van der Waals surface area contributed by atoms with Crippen molar-refractivity contribution in [2.45, 2.75) is 40.5 Å². The Labute approximate surface area is 155 Å². The molecule has 0 saturated heterocycles. The number of amides is 2. The average molecular weight is 353 g/mol. The molecule has 0 aliphatic heterocycles. The third-order valence-corrected chi connectivity index (χ3v) is 4.25. The maximum Gasteiger partial charge on any atom is 0.257 e. The largest absolute Gasteiger partial charge is 0.352 e. The predicted octanol–water partition coefficient (Wildman–Crippen LogP) is 3.98. The number of benzene rings is 1. The molecule has 26 heavy (non-hydrogen) atoms. The van der Waals surface area contributed by atoms with Crippen LogP contribution < -0.4 is 10.6 Å². The van der Waals surface area contributed by atoms with Crippen LogP contribution >= 0.6 is 0 Å². The number of carbonyl (C=O) groups excluding carboxylic acids is 2. The number of aromatic nitrogens is 1. The molecule has 0 saturated carbocycles. The molecule has 0 radical (unpaired) electrons. The molecular weight excluding hydrogens is 326 g/mol. The normalized spacial score (nSPS) is 10.7. The number of anilines is 1. The van der Waals surface area contributed by atoms with Crippen LogP contribution in [0.15, 0.2) is 36.7 Å². The van der Waals surface area contributed by atoms with E-state index in [2.05, 4.69) is 29.5 Å². The van der Waals surface area contributed by atoms with Crippen molar-refractivity contribution in [1.82, 2.24) is 10.3 Å². The van der Waals surface area contributed by atoms with Gasteiger partial charge in [-0.3, -0.25) is 14.6 Å². The smallest absolute Gasteiger partial charge is 0.257 e. The molecule has 138 valence electrons. The highest BCUT2D eigenvalue weighted by Gasteiger charge is 2.14. The van der Waals surface area contributed by atoms with Crippen LogP contribution in [0.1, 0.15) is 59.0 Å². The summed E-state index contributed by atoms with van der Waals surface area (Å²) in [6, 6.07) is 7.52. The predicted molar refractivity (Wildman–Crippen MR) is 105 cm³/mol. The lowest BCUT2D eigenvalue weighted by atomic mass is 10.1. The number of rotatable bonds is 7. The summed E-state index contributed by atoms with van der Waals surface area (Å²) < 4.78 is 0. The van der Waals surface area contributed by atoms with Gasteiger partial charge in [-0.05, 0) is 42.9 Å². The van der Waals surface area contributed by atoms with Gasteiger partial charge in [0.05, 0.1) is 11.1 Å². The Balaban J connectivity index is 2.12. The number of aryl methyl sites for hydroxylation is 2. The van der Waals surface area contributed by atoms with E-state index in [1.165, 1.54) is 12.4 Å². The highest BCUT2D eigenvalue weighted by atomic mass is 16.2. The Morgan fingerprint density at radius 1 is 1.12 bits per heavy atom. The lowest BCUT2D eigenvalue weighted by Gasteiger charge is -2.13. The van der Waals surface area contributed by atoms with Gasteiger partial charge in [-0.25, -0.2) is 0 Å². The van der Waals surface area contributed by atoms with Gasteiger partial charge in [0.1, 0.15) is 0 Å². The zero-order valence-electron chi connectivity index (χ0n) is 15.9. The molecule has 2 aromatic rings. The first kappa shape index (κ1) is 19.6. The number of carbonyl (C=O) groups is 2. The summed E-state index contributed by atoms with van der Waals surface area (Å²) in [6.07, 6.45) is 4.69. The van der Waals surface area contributed by atoms with E-state index in [-0.39, 0.29) is 11.8 Å². The van der Waals surface area contributed by atoms with E-state index in [1.54, 1.807) is 6.07 Å². The van der Waals surface area contributed by atoms with Gasteiger partial charge in [0.25, 0.3) is 11.8 Å². The quantitative estimate of drug-likeness (QED) is 0.791. The minimum absolute atomic E-state index is 0.210. The molecule has 2 amide bonds. The Morgan fingerprint density at radius 2 is 1.81 bits per heavy atom. The number of pyridine rings is 1. The van der Waals surface area contributed by atoms with Crippen molar-refractivity contribution in [3.05, 3.63) is 58.9 Å². The molecule has 2 rings (SSSR count). The summed E-state index contributed by atoms with van der Waals surface area (Å²) in [6.45, 7) is 8.83. The third-order valence-electron chi connectivity index (χ3n) is 4.25. The fraction of sp³-hybridized carbons (Fsp3) is 0.381. The molecule has 0 aliphatic rings. The standard InChI is InChI=1S/C21H27N3O2/c1-5-16-8-6-7-15(4)19(16)24-21(26)18-11-17(12-22-13-18)20(25)23-10-9-14(2)3/h6-8,11-14H,5,9-10H2,1-4H3,(H,23,25)(H,24,26). The highest BCUT2D eigenvalue weighted by Crippen LogP contribution is 2.22. The van der Waals surface area contributed by atoms with E-state index in [4.69, 9.17) is 0 Å². The summed E-state index contributed by atoms with van der Waals surface area (Å²) in [5, 5.41) is 5.82. The van der Waals surface area contributed by atoms with Crippen LogP contribution in [0.25, 0.3) is 0 Å². The molecule has 5 nitrogen and oxygen atoms in total. The third kappa shape index (κ3) is 5.15. The highest BCUT2D eigenvalue weighted by molar-refractivity contribution is 6.06. The Hall–Kier alpha value is -2.69. The van der Waals surface area contributed by atoms with Gasteiger partial charge in [0.2, 0.25) is 0 Å². The van der Waals surface area contributed by atoms with Gasteiger partial charge in [0, 0.05) is 24.6 Å². The molecule has 0 spiro atoms. The van der Waals surface area contributed by atoms with E-state index in [0.29, 0.717) is 23.6 Å². The van der Waals surface area contributed by atoms with E-state index >= 15 is 0 Å². The number of para-hydroxylation sites is 1. The number of nitrogens with zero attached hydrogens (tertiary/aromatic N) is 1. The topological polar surface area (TPSA) is 71.1 Å². The van der Waals surface area contributed by atoms with Crippen molar-refractivity contribution >= 4 is 17.5 Å². The van der Waals surface area contributed by atoms with Crippen molar-refractivity contribution in [3.8, 4) is 0 Å². The van der Waals surface area contributed by atoms with Crippen LogP contribution in [0, 0.1) is 12.8 Å². The van der Waals surface area contributed by atoms with E-state index in [1.807, 2.05) is 32.0 Å². The van der Waals surface area contributed by atoms with Gasteiger partial charge >= 0.3 is 0 Å². The van der Waals surface area contributed by atoms with Crippen LogP contribution in [0.2, 0.25) is 0 Å². The Kier molecular flexibility index (Phi) is 6.89. The fourth-order valence-electron chi connectivity index (χ4n) is 2.65. The summed E-state index contributed by atoms with van der Waals surface area (Å²) in [5.41, 5.74) is 3.67. The molecule has 1 aromatic carbocycles. The van der Waals surface area contributed by atoms with Crippen LogP contribution in [-0.2, 0) is 6.42 Å². The van der Waals surface area contributed by atoms with Gasteiger partial charge in [-0.15, -0.1) is 0 Å². The van der Waals surface area contributed by atoms with Crippen LogP contribution in [0.5, 0.6) is 0 Å². The van der Waals surface area contributed by atoms with Crippen molar-refractivity contribution in [1.29, 1.82) is 0 Å². The molecule has 5 heteroatoms. The summed E-state index contributed by atoms with van der Waals surface area (Å²) in [4.78, 5) is 28.9. The zero-order valence-corrected chi connectivity index (χ0v) is 15.9. The minimum atomic E-state index is -0.265. The van der Waals surface area contributed by atoms with E-state index in [0.717, 1.165) is 29.7 Å². The number of hydrogen-bond acceptors (Lipinski definition) is 3. The molecule has 0 fully saturated rings. The van der Waals surface area contributed by atoms with Crippen molar-refractivity contribution in [2.24, 2.45) is 5.92 Å². The Bertz CT molecular complexity index is 785. The lowest BCUT2D eigenvalue weighted by molar-refractivity contribution is 0.0951. The summed E-state index contributed by atoms with van der Waals surface area (Å²) >= 11 is 0. The average Bonchev–Trinajstić information content (AvgIpc) is 2.63. The molecule has 1 aromatic heterocycles. The molecule has 0 unspecified atom stereocenters. The zero-order chi connectivity index (χ0) is 19.1. The number of hydrogen-bond donors (Lipinski definition) is 2. The van der Waals surface area contributed by atoms with Crippen LogP contribution in [0.4, 0.5) is 5.69 Å². The first-order chi connectivity index (χ1) is 12.4. The second-order valence-electron chi connectivity index (χ2n) is 6.82. The Morgan fingerprint density at radius 3 is 2.46 bits per heavy atom. The van der Waals surface area contributed by atoms with Crippen molar-refractivity contribution < 1.29 is 9.59 Å². The van der Waals surface area contributed by atoms with Gasteiger partial charge in [-0.2, -0.15) is 0 Å². The molecule has 1 heterocycles. The minimum Gasteiger partial charge on any atom is -0.352 e. The second-order valence-corrected chi connectivity index (χ2v) is 6.82. The van der Waals surface area contributed by atoms with Crippen LogP contribution in [0.3, 0.4) is 0 Å². The maximum atomic E-state index is 12.6. The second kappa shape index (κ2) is 9.13. The van der Waals surface area contributed by atoms with E-state index in [9.17, 15) is 9.59 Å². The van der Waals surface area contributed by atoms with Gasteiger partial charge in [0.15, 0.2) is 0 Å². The van der Waals surface area contributed by atoms with Gasteiger partial charge in [-0.1, -0.05) is 39.0 Å². The molecule has 0 bridgehead atoms. The van der Waals surface area contributed by atoms with E-state index < -0.39 is 0 Å². The van der Waals surface area contributed by atoms with Gasteiger partial charge < -0.3 is 10.6 Å². The molecule has 0 aliphatic carbocycles. The molecule has 2 N–H and O–H groups in total. The maximum absolute atomic E-state index is 12.6.